The summed E-state index contributed by atoms with van der Waals surface area (Å²) in [5.41, 5.74) is 4.58. The number of hydrogen-bond donors (Lipinski definition) is 2. The number of hydrogen-bond acceptors (Lipinski definition) is 3. The van der Waals surface area contributed by atoms with E-state index in [0.717, 1.165) is 35.9 Å². The molecule has 2 aromatic carbocycles. The molecule has 0 heterocycles. The van der Waals surface area contributed by atoms with Crippen molar-refractivity contribution in [3.8, 4) is 0 Å². The molecule has 2 N–H and O–H groups in total. The second-order valence-electron chi connectivity index (χ2n) is 6.95. The van der Waals surface area contributed by atoms with E-state index in [1.54, 1.807) is 17.8 Å². The minimum absolute atomic E-state index is 0. The third kappa shape index (κ3) is 9.35. The number of thioether (sulfide) groups is 1. The van der Waals surface area contributed by atoms with E-state index in [-0.39, 0.29) is 29.8 Å². The normalized spacial score (nSPS) is 11.3. The molecule has 0 unspecified atom stereocenters. The van der Waals surface area contributed by atoms with E-state index in [2.05, 4.69) is 53.9 Å². The van der Waals surface area contributed by atoms with E-state index in [1.807, 2.05) is 19.2 Å². The highest BCUT2D eigenvalue weighted by Gasteiger charge is 2.06. The highest BCUT2D eigenvalue weighted by atomic mass is 127. The van der Waals surface area contributed by atoms with Crippen molar-refractivity contribution >= 4 is 41.7 Å². The minimum atomic E-state index is -0.189. The molecule has 0 aliphatic heterocycles. The van der Waals surface area contributed by atoms with Crippen molar-refractivity contribution in [3.05, 3.63) is 70.5 Å². The summed E-state index contributed by atoms with van der Waals surface area (Å²) in [6, 6.07) is 13.5. The molecule has 0 radical (unpaired) electrons. The fraction of sp³-hybridized carbons (Fsp3) is 0.409. The van der Waals surface area contributed by atoms with Crippen LogP contribution in [0.15, 0.2) is 47.5 Å². The fourth-order valence-corrected chi connectivity index (χ4v) is 3.52. The van der Waals surface area contributed by atoms with E-state index in [4.69, 9.17) is 4.99 Å². The second-order valence-corrected chi connectivity index (χ2v) is 7.82. The number of guanidine groups is 1. The van der Waals surface area contributed by atoms with Gasteiger partial charge in [0.05, 0.1) is 6.54 Å². The molecule has 0 amide bonds. The molecule has 4 nitrogen and oxygen atoms in total. The van der Waals surface area contributed by atoms with Gasteiger partial charge in [-0.05, 0) is 61.7 Å². The van der Waals surface area contributed by atoms with Gasteiger partial charge in [-0.2, -0.15) is 11.8 Å². The van der Waals surface area contributed by atoms with Crippen molar-refractivity contribution in [2.75, 3.05) is 26.9 Å². The van der Waals surface area contributed by atoms with Crippen molar-refractivity contribution in [2.45, 2.75) is 32.3 Å². The van der Waals surface area contributed by atoms with E-state index < -0.39 is 0 Å². The smallest absolute Gasteiger partial charge is 0.191 e. The zero-order chi connectivity index (χ0) is 20.4. The lowest BCUT2D eigenvalue weighted by molar-refractivity contribution is 0.402. The molecule has 2 rings (SSSR count). The summed E-state index contributed by atoms with van der Waals surface area (Å²) >= 11 is 1.69. The Bertz CT molecular complexity index is 783. The molecule has 29 heavy (non-hydrogen) atoms. The molecule has 0 fully saturated rings. The molecular weight excluding hydrogens is 498 g/mol. The molecule has 0 saturated carbocycles. The Morgan fingerprint density at radius 1 is 1.07 bits per heavy atom. The Hall–Kier alpha value is -1.32. The van der Waals surface area contributed by atoms with Crippen LogP contribution in [0.1, 0.15) is 29.2 Å². The van der Waals surface area contributed by atoms with Crippen LogP contribution in [-0.2, 0) is 25.4 Å². The van der Waals surface area contributed by atoms with Crippen molar-refractivity contribution < 1.29 is 4.39 Å². The van der Waals surface area contributed by atoms with Crippen LogP contribution >= 0.6 is 35.7 Å². The van der Waals surface area contributed by atoms with Crippen LogP contribution in [0.25, 0.3) is 0 Å². The predicted octanol–water partition coefficient (Wildman–Crippen LogP) is 4.62. The van der Waals surface area contributed by atoms with Crippen molar-refractivity contribution in [1.29, 1.82) is 0 Å². The van der Waals surface area contributed by atoms with E-state index >= 15 is 0 Å². The van der Waals surface area contributed by atoms with Crippen LogP contribution in [0.3, 0.4) is 0 Å². The SMILES string of the molecule is CCNC(=NCc1cccc(CN(C)C)c1)NCc1ccc(F)cc1CSC.I. The Morgan fingerprint density at radius 3 is 2.52 bits per heavy atom. The highest BCUT2D eigenvalue weighted by molar-refractivity contribution is 14.0. The quantitative estimate of drug-likeness (QED) is 0.282. The first-order valence-electron chi connectivity index (χ1n) is 9.52. The van der Waals surface area contributed by atoms with Gasteiger partial charge in [0.2, 0.25) is 0 Å². The Morgan fingerprint density at radius 2 is 1.83 bits per heavy atom. The van der Waals surface area contributed by atoms with Gasteiger partial charge in [-0.3, -0.25) is 0 Å². The van der Waals surface area contributed by atoms with Crippen LogP contribution in [-0.4, -0.2) is 37.8 Å². The van der Waals surface area contributed by atoms with Crippen LogP contribution in [0, 0.1) is 5.82 Å². The lowest BCUT2D eigenvalue weighted by atomic mass is 10.1. The van der Waals surface area contributed by atoms with Crippen molar-refractivity contribution in [2.24, 2.45) is 4.99 Å². The topological polar surface area (TPSA) is 39.7 Å². The van der Waals surface area contributed by atoms with Gasteiger partial charge in [-0.15, -0.1) is 24.0 Å². The fourth-order valence-electron chi connectivity index (χ4n) is 2.94. The molecule has 0 aromatic heterocycles. The number of aliphatic imine (C=N–C) groups is 1. The Balaban J connectivity index is 0.00000420. The Kier molecular flexibility index (Phi) is 12.3. The van der Waals surface area contributed by atoms with Crippen LogP contribution in [0.2, 0.25) is 0 Å². The van der Waals surface area contributed by atoms with Gasteiger partial charge < -0.3 is 15.5 Å². The minimum Gasteiger partial charge on any atom is -0.357 e. The summed E-state index contributed by atoms with van der Waals surface area (Å²) in [6.07, 6.45) is 2.03. The third-order valence-corrected chi connectivity index (χ3v) is 4.77. The number of nitrogens with one attached hydrogen (secondary N) is 2. The molecule has 2 aromatic rings. The lowest BCUT2D eigenvalue weighted by Crippen LogP contribution is -2.37. The van der Waals surface area contributed by atoms with Gasteiger partial charge in [-0.1, -0.05) is 30.3 Å². The second kappa shape index (κ2) is 13.8. The highest BCUT2D eigenvalue weighted by Crippen LogP contribution is 2.16. The molecule has 0 bridgehead atoms. The lowest BCUT2D eigenvalue weighted by Gasteiger charge is -2.14. The largest absolute Gasteiger partial charge is 0.357 e. The number of nitrogens with zero attached hydrogens (tertiary/aromatic N) is 2. The standard InChI is InChI=1S/C22H31FN4S.HI/c1-5-24-22(25-13-17-7-6-8-18(11-17)15-27(2)3)26-14-19-9-10-21(23)12-20(19)16-28-4;/h6-12H,5,13-16H2,1-4H3,(H2,24,25,26);1H. The zero-order valence-electron chi connectivity index (χ0n) is 17.7. The van der Waals surface area contributed by atoms with Crippen LogP contribution in [0.5, 0.6) is 0 Å². The van der Waals surface area contributed by atoms with Gasteiger partial charge in [0, 0.05) is 25.4 Å². The number of rotatable bonds is 9. The molecule has 0 aliphatic carbocycles. The third-order valence-electron chi connectivity index (χ3n) is 4.17. The average molecular weight is 530 g/mol. The van der Waals surface area contributed by atoms with E-state index in [1.165, 1.54) is 17.2 Å². The molecule has 0 aliphatic rings. The van der Waals surface area contributed by atoms with Gasteiger partial charge in [0.1, 0.15) is 5.82 Å². The molecule has 0 spiro atoms. The summed E-state index contributed by atoms with van der Waals surface area (Å²) in [5.74, 6) is 1.37. The van der Waals surface area contributed by atoms with Crippen molar-refractivity contribution in [1.82, 2.24) is 15.5 Å². The monoisotopic (exact) mass is 530 g/mol. The first kappa shape index (κ1) is 25.7. The zero-order valence-corrected chi connectivity index (χ0v) is 20.8. The van der Waals surface area contributed by atoms with Crippen molar-refractivity contribution in [3.63, 3.8) is 0 Å². The molecule has 160 valence electrons. The summed E-state index contributed by atoms with van der Waals surface area (Å²) in [7, 11) is 4.14. The van der Waals surface area contributed by atoms with Crippen LogP contribution < -0.4 is 10.6 Å². The number of halogens is 2. The summed E-state index contributed by atoms with van der Waals surface area (Å²) in [5, 5.41) is 6.66. The van der Waals surface area contributed by atoms with Gasteiger partial charge >= 0.3 is 0 Å². The predicted molar refractivity (Wildman–Crippen MR) is 135 cm³/mol. The average Bonchev–Trinajstić information content (AvgIpc) is 2.65. The molecule has 7 heteroatoms. The van der Waals surface area contributed by atoms with E-state index in [0.29, 0.717) is 13.1 Å². The van der Waals surface area contributed by atoms with Gasteiger partial charge in [0.25, 0.3) is 0 Å². The van der Waals surface area contributed by atoms with Crippen LogP contribution in [0.4, 0.5) is 4.39 Å². The summed E-state index contributed by atoms with van der Waals surface area (Å²) < 4.78 is 13.5. The summed E-state index contributed by atoms with van der Waals surface area (Å²) in [6.45, 7) is 4.97. The van der Waals surface area contributed by atoms with E-state index in [9.17, 15) is 4.39 Å². The maximum Gasteiger partial charge on any atom is 0.191 e. The maximum absolute atomic E-state index is 13.5. The first-order chi connectivity index (χ1) is 13.5. The van der Waals surface area contributed by atoms with Gasteiger partial charge in [-0.25, -0.2) is 9.38 Å². The first-order valence-corrected chi connectivity index (χ1v) is 10.9. The molecule has 0 atom stereocenters. The molecule has 0 saturated heterocycles. The summed E-state index contributed by atoms with van der Waals surface area (Å²) in [4.78, 5) is 6.87. The maximum atomic E-state index is 13.5. The number of benzene rings is 2. The Labute approximate surface area is 195 Å². The molecular formula is C22H32FIN4S. The van der Waals surface area contributed by atoms with Gasteiger partial charge in [0.15, 0.2) is 5.96 Å².